The fourth-order valence-corrected chi connectivity index (χ4v) is 2.96. The van der Waals surface area contributed by atoms with E-state index in [1.807, 2.05) is 13.0 Å². The zero-order chi connectivity index (χ0) is 15.1. The predicted octanol–water partition coefficient (Wildman–Crippen LogP) is 3.10. The summed E-state index contributed by atoms with van der Waals surface area (Å²) in [6, 6.07) is 3.64. The number of unbranched alkanes of at least 4 members (excludes halogenated alkanes) is 1. The summed E-state index contributed by atoms with van der Waals surface area (Å²) >= 11 is -1.92. The van der Waals surface area contributed by atoms with E-state index in [1.54, 1.807) is 6.07 Å². The van der Waals surface area contributed by atoms with E-state index in [2.05, 4.69) is 6.92 Å². The summed E-state index contributed by atoms with van der Waals surface area (Å²) in [7, 11) is 1.34. The Morgan fingerprint density at radius 1 is 1.30 bits per heavy atom. The highest BCUT2D eigenvalue weighted by Crippen LogP contribution is 2.24. The first kappa shape index (κ1) is 16.9. The molecule has 5 heteroatoms. The Kier molecular flexibility index (Phi) is 6.88. The van der Waals surface area contributed by atoms with Crippen molar-refractivity contribution in [1.29, 1.82) is 0 Å². The van der Waals surface area contributed by atoms with E-state index < -0.39 is 17.0 Å². The van der Waals surface area contributed by atoms with E-state index in [4.69, 9.17) is 4.74 Å². The lowest BCUT2D eigenvalue weighted by Crippen LogP contribution is -2.11. The quantitative estimate of drug-likeness (QED) is 0.620. The number of benzene rings is 1. The van der Waals surface area contributed by atoms with Crippen molar-refractivity contribution >= 4 is 17.0 Å². The molecule has 0 saturated heterocycles. The van der Waals surface area contributed by atoms with Gasteiger partial charge in [0, 0.05) is 0 Å². The third kappa shape index (κ3) is 4.15. The van der Waals surface area contributed by atoms with Gasteiger partial charge in [-0.15, -0.1) is 0 Å². The van der Waals surface area contributed by atoms with Crippen LogP contribution in [0.25, 0.3) is 0 Å². The molecule has 0 saturated carbocycles. The number of aryl methyl sites for hydroxylation is 1. The summed E-state index contributed by atoms with van der Waals surface area (Å²) in [6.45, 7) is 4.04. The largest absolute Gasteiger partial charge is 0.465 e. The number of hydrogen-bond donors (Lipinski definition) is 1. The molecule has 0 fully saturated rings. The van der Waals surface area contributed by atoms with Crippen LogP contribution in [0.5, 0.6) is 0 Å². The molecule has 0 bridgehead atoms. The summed E-state index contributed by atoms with van der Waals surface area (Å²) in [6.07, 6.45) is 3.57. The molecule has 0 aliphatic carbocycles. The van der Waals surface area contributed by atoms with E-state index in [0.717, 1.165) is 36.0 Å². The van der Waals surface area contributed by atoms with Gasteiger partial charge >= 0.3 is 5.97 Å². The Labute approximate surface area is 122 Å². The molecule has 0 spiro atoms. The number of carbonyl (C=O) groups excluding carboxylic acids is 1. The first-order chi connectivity index (χ1) is 9.54. The van der Waals surface area contributed by atoms with Gasteiger partial charge in [-0.1, -0.05) is 26.3 Å². The van der Waals surface area contributed by atoms with Gasteiger partial charge in [-0.3, -0.25) is 0 Å². The summed E-state index contributed by atoms with van der Waals surface area (Å²) in [5, 5.41) is 0. The zero-order valence-corrected chi connectivity index (χ0v) is 13.1. The fraction of sp³-hybridized carbons (Fsp3) is 0.533. The number of ether oxygens (including phenoxy) is 1. The minimum absolute atomic E-state index is 0.0626. The van der Waals surface area contributed by atoms with Crippen LogP contribution in [0.4, 0.5) is 0 Å². The van der Waals surface area contributed by atoms with E-state index in [9.17, 15) is 13.6 Å². The molecule has 1 unspecified atom stereocenters. The first-order valence-electron chi connectivity index (χ1n) is 6.84. The molecular formula is C15H22O4S. The van der Waals surface area contributed by atoms with E-state index in [-0.39, 0.29) is 5.75 Å². The number of hydrogen-bond acceptors (Lipinski definition) is 3. The van der Waals surface area contributed by atoms with Crippen molar-refractivity contribution in [3.63, 3.8) is 0 Å². The number of methoxy groups -OCH3 is 1. The van der Waals surface area contributed by atoms with Crippen LogP contribution in [0.1, 0.15) is 53.7 Å². The Balaban J connectivity index is 3.33. The van der Waals surface area contributed by atoms with Crippen molar-refractivity contribution < 1.29 is 18.3 Å². The van der Waals surface area contributed by atoms with Crippen LogP contribution in [-0.4, -0.2) is 21.8 Å². The molecule has 112 valence electrons. The average molecular weight is 298 g/mol. The highest BCUT2D eigenvalue weighted by atomic mass is 32.2. The lowest BCUT2D eigenvalue weighted by atomic mass is 9.92. The Morgan fingerprint density at radius 2 is 2.00 bits per heavy atom. The van der Waals surface area contributed by atoms with Crippen LogP contribution in [0, 0.1) is 0 Å². The van der Waals surface area contributed by atoms with Gasteiger partial charge in [-0.05, 0) is 42.0 Å². The molecule has 1 N–H and O–H groups in total. The van der Waals surface area contributed by atoms with Crippen LogP contribution < -0.4 is 0 Å². The maximum atomic E-state index is 11.8. The van der Waals surface area contributed by atoms with Crippen molar-refractivity contribution in [3.8, 4) is 0 Å². The molecule has 1 rings (SSSR count). The highest BCUT2D eigenvalue weighted by Gasteiger charge is 2.18. The van der Waals surface area contributed by atoms with Crippen molar-refractivity contribution in [2.24, 2.45) is 0 Å². The molecule has 0 radical (unpaired) electrons. The van der Waals surface area contributed by atoms with Crippen LogP contribution in [-0.2, 0) is 34.4 Å². The van der Waals surface area contributed by atoms with Crippen LogP contribution >= 0.6 is 0 Å². The molecular weight excluding hydrogens is 276 g/mol. The molecule has 0 aliphatic rings. The van der Waals surface area contributed by atoms with E-state index in [0.29, 0.717) is 12.0 Å². The zero-order valence-electron chi connectivity index (χ0n) is 12.3. The SMILES string of the molecule is CCCCc1ccc(C(=O)OC)c(CC)c1CS(=O)O. The molecule has 0 aliphatic heterocycles. The number of carbonyl (C=O) groups is 1. The maximum Gasteiger partial charge on any atom is 0.338 e. The average Bonchev–Trinajstić information content (AvgIpc) is 2.44. The molecule has 4 nitrogen and oxygen atoms in total. The second-order valence-corrected chi connectivity index (χ2v) is 5.58. The number of rotatable bonds is 7. The summed E-state index contributed by atoms with van der Waals surface area (Å²) in [5.41, 5.74) is 3.20. The van der Waals surface area contributed by atoms with Gasteiger partial charge in [-0.2, -0.15) is 0 Å². The Bertz CT molecular complexity index is 497. The predicted molar refractivity (Wildman–Crippen MR) is 80.2 cm³/mol. The summed E-state index contributed by atoms with van der Waals surface area (Å²) < 4.78 is 25.2. The van der Waals surface area contributed by atoms with Crippen LogP contribution in [0.3, 0.4) is 0 Å². The smallest absolute Gasteiger partial charge is 0.338 e. The van der Waals surface area contributed by atoms with Gasteiger partial charge < -0.3 is 9.29 Å². The molecule has 1 aromatic rings. The monoisotopic (exact) mass is 298 g/mol. The molecule has 0 aromatic heterocycles. The van der Waals surface area contributed by atoms with Crippen LogP contribution in [0.2, 0.25) is 0 Å². The maximum absolute atomic E-state index is 11.8. The van der Waals surface area contributed by atoms with Crippen LogP contribution in [0.15, 0.2) is 12.1 Å². The van der Waals surface area contributed by atoms with Gasteiger partial charge in [-0.25, -0.2) is 9.00 Å². The second kappa shape index (κ2) is 8.17. The third-order valence-electron chi connectivity index (χ3n) is 3.35. The minimum atomic E-state index is -1.92. The molecule has 0 amide bonds. The molecule has 0 heterocycles. The Hall–Kier alpha value is -1.20. The molecule has 1 aromatic carbocycles. The lowest BCUT2D eigenvalue weighted by Gasteiger charge is -2.16. The van der Waals surface area contributed by atoms with E-state index in [1.165, 1.54) is 7.11 Å². The van der Waals surface area contributed by atoms with Crippen molar-refractivity contribution in [3.05, 3.63) is 34.4 Å². The normalized spacial score (nSPS) is 12.2. The van der Waals surface area contributed by atoms with Gasteiger partial charge in [0.25, 0.3) is 0 Å². The standard InChI is InChI=1S/C15H22O4S/c1-4-6-7-11-8-9-13(15(16)19-3)12(5-2)14(11)10-20(17)18/h8-9H,4-7,10H2,1-3H3,(H,17,18). The summed E-state index contributed by atoms with van der Waals surface area (Å²) in [4.78, 5) is 11.8. The van der Waals surface area contributed by atoms with Gasteiger partial charge in [0.05, 0.1) is 18.4 Å². The van der Waals surface area contributed by atoms with Gasteiger partial charge in [0.1, 0.15) is 0 Å². The molecule has 1 atom stereocenters. The lowest BCUT2D eigenvalue weighted by molar-refractivity contribution is 0.0599. The van der Waals surface area contributed by atoms with Gasteiger partial charge in [0.15, 0.2) is 11.1 Å². The topological polar surface area (TPSA) is 63.6 Å². The van der Waals surface area contributed by atoms with Crippen molar-refractivity contribution in [2.45, 2.75) is 45.3 Å². The van der Waals surface area contributed by atoms with Crippen molar-refractivity contribution in [2.75, 3.05) is 7.11 Å². The summed E-state index contributed by atoms with van der Waals surface area (Å²) in [5.74, 6) is -0.332. The third-order valence-corrected chi connectivity index (χ3v) is 3.89. The molecule has 20 heavy (non-hydrogen) atoms. The number of esters is 1. The van der Waals surface area contributed by atoms with Gasteiger partial charge in [0.2, 0.25) is 0 Å². The second-order valence-electron chi connectivity index (χ2n) is 4.64. The first-order valence-corrected chi connectivity index (χ1v) is 8.12. The Morgan fingerprint density at radius 3 is 2.50 bits per heavy atom. The van der Waals surface area contributed by atoms with E-state index >= 15 is 0 Å². The fourth-order valence-electron chi connectivity index (χ4n) is 2.35. The van der Waals surface area contributed by atoms with Crippen molar-refractivity contribution in [1.82, 2.24) is 0 Å². The minimum Gasteiger partial charge on any atom is -0.465 e. The highest BCUT2D eigenvalue weighted by molar-refractivity contribution is 7.78.